The van der Waals surface area contributed by atoms with E-state index in [1.807, 2.05) is 30.4 Å². The molecule has 0 saturated heterocycles. The smallest absolute Gasteiger partial charge is 0.123 e. The Bertz CT molecular complexity index is 680. The molecule has 0 spiro atoms. The zero-order valence-corrected chi connectivity index (χ0v) is 17.7. The molecule has 0 atom stereocenters. The number of nitriles is 1. The van der Waals surface area contributed by atoms with E-state index < -0.39 is 0 Å². The first kappa shape index (κ1) is 21.8. The minimum Gasteiger partial charge on any atom is -0.207 e. The van der Waals surface area contributed by atoms with Gasteiger partial charge in [0.15, 0.2) is 0 Å². The lowest BCUT2D eigenvalue weighted by atomic mass is 9.74. The Morgan fingerprint density at radius 2 is 1.34 bits per heavy atom. The fraction of sp³-hybridized carbons (Fsp3) is 0.593. The van der Waals surface area contributed by atoms with Gasteiger partial charge in [-0.2, -0.15) is 5.26 Å². The van der Waals surface area contributed by atoms with Gasteiger partial charge in [-0.1, -0.05) is 68.9 Å². The molecular weight excluding hydrogens is 357 g/mol. The van der Waals surface area contributed by atoms with Crippen LogP contribution in [0.1, 0.15) is 88.5 Å². The SMILES string of the molecule is N#C/C=C/C=C/CCC1CCC(CCC2CCC(c3ccc(F)cc3)CC2)CC1. The maximum Gasteiger partial charge on any atom is 0.123 e. The zero-order chi connectivity index (χ0) is 20.3. The molecule has 156 valence electrons. The summed E-state index contributed by atoms with van der Waals surface area (Å²) in [5.74, 6) is 3.29. The van der Waals surface area contributed by atoms with Gasteiger partial charge in [0.1, 0.15) is 5.82 Å². The average molecular weight is 394 g/mol. The quantitative estimate of drug-likeness (QED) is 0.323. The topological polar surface area (TPSA) is 23.8 Å². The van der Waals surface area contributed by atoms with Gasteiger partial charge in [-0.15, -0.1) is 0 Å². The lowest BCUT2D eigenvalue weighted by Crippen LogP contribution is -2.17. The largest absolute Gasteiger partial charge is 0.207 e. The van der Waals surface area contributed by atoms with Gasteiger partial charge in [-0.3, -0.25) is 0 Å². The number of benzene rings is 1. The lowest BCUT2D eigenvalue weighted by Gasteiger charge is -2.32. The van der Waals surface area contributed by atoms with Crippen molar-refractivity contribution in [2.24, 2.45) is 17.8 Å². The predicted octanol–water partition coefficient (Wildman–Crippen LogP) is 8.10. The van der Waals surface area contributed by atoms with Crippen LogP contribution in [0.15, 0.2) is 48.6 Å². The fourth-order valence-corrected chi connectivity index (χ4v) is 5.40. The van der Waals surface area contributed by atoms with Crippen LogP contribution in [0, 0.1) is 34.9 Å². The number of halogens is 1. The molecule has 0 bridgehead atoms. The third-order valence-corrected chi connectivity index (χ3v) is 7.30. The third kappa shape index (κ3) is 7.46. The van der Waals surface area contributed by atoms with Crippen molar-refractivity contribution in [2.75, 3.05) is 0 Å². The van der Waals surface area contributed by atoms with E-state index in [-0.39, 0.29) is 5.82 Å². The molecule has 0 N–H and O–H groups in total. The summed E-state index contributed by atoms with van der Waals surface area (Å²) >= 11 is 0. The van der Waals surface area contributed by atoms with Crippen LogP contribution in [0.25, 0.3) is 0 Å². The van der Waals surface area contributed by atoms with E-state index in [0.29, 0.717) is 5.92 Å². The molecule has 0 aliphatic heterocycles. The molecule has 2 aliphatic rings. The van der Waals surface area contributed by atoms with Gasteiger partial charge < -0.3 is 0 Å². The second kappa shape index (κ2) is 12.0. The van der Waals surface area contributed by atoms with Crippen LogP contribution in [0.5, 0.6) is 0 Å². The van der Waals surface area contributed by atoms with E-state index >= 15 is 0 Å². The number of nitrogens with zero attached hydrogens (tertiary/aromatic N) is 1. The summed E-state index contributed by atoms with van der Waals surface area (Å²) in [4.78, 5) is 0. The minimum atomic E-state index is -0.124. The normalized spacial score (nSPS) is 28.0. The van der Waals surface area contributed by atoms with Crippen LogP contribution in [0.3, 0.4) is 0 Å². The van der Waals surface area contributed by atoms with Crippen molar-refractivity contribution in [3.05, 3.63) is 60.0 Å². The van der Waals surface area contributed by atoms with Crippen molar-refractivity contribution in [3.63, 3.8) is 0 Å². The number of allylic oxidation sites excluding steroid dienone is 4. The van der Waals surface area contributed by atoms with Crippen molar-refractivity contribution in [1.82, 2.24) is 0 Å². The molecule has 0 amide bonds. The molecule has 2 saturated carbocycles. The fourth-order valence-electron chi connectivity index (χ4n) is 5.40. The van der Waals surface area contributed by atoms with Crippen LogP contribution in [0.4, 0.5) is 4.39 Å². The first-order valence-corrected chi connectivity index (χ1v) is 11.7. The van der Waals surface area contributed by atoms with E-state index in [1.54, 1.807) is 12.1 Å². The van der Waals surface area contributed by atoms with Crippen LogP contribution < -0.4 is 0 Å². The molecule has 2 aliphatic carbocycles. The summed E-state index contributed by atoms with van der Waals surface area (Å²) in [5, 5.41) is 8.46. The zero-order valence-electron chi connectivity index (χ0n) is 17.7. The van der Waals surface area contributed by atoms with Gasteiger partial charge in [0.2, 0.25) is 0 Å². The van der Waals surface area contributed by atoms with E-state index in [1.165, 1.54) is 82.3 Å². The van der Waals surface area contributed by atoms with Crippen molar-refractivity contribution < 1.29 is 4.39 Å². The second-order valence-electron chi connectivity index (χ2n) is 9.23. The van der Waals surface area contributed by atoms with Gasteiger partial charge in [0.25, 0.3) is 0 Å². The molecule has 0 unspecified atom stereocenters. The first-order valence-electron chi connectivity index (χ1n) is 11.7. The molecule has 3 rings (SSSR count). The molecule has 29 heavy (non-hydrogen) atoms. The van der Waals surface area contributed by atoms with Crippen molar-refractivity contribution >= 4 is 0 Å². The Balaban J connectivity index is 1.27. The Kier molecular flexibility index (Phi) is 9.00. The Labute approximate surface area is 176 Å². The van der Waals surface area contributed by atoms with Gasteiger partial charge in [0.05, 0.1) is 6.07 Å². The minimum absolute atomic E-state index is 0.124. The highest BCUT2D eigenvalue weighted by Gasteiger charge is 2.25. The van der Waals surface area contributed by atoms with Crippen molar-refractivity contribution in [3.8, 4) is 6.07 Å². The van der Waals surface area contributed by atoms with Crippen molar-refractivity contribution in [1.29, 1.82) is 5.26 Å². The molecule has 0 aromatic heterocycles. The highest BCUT2D eigenvalue weighted by atomic mass is 19.1. The molecule has 0 heterocycles. The predicted molar refractivity (Wildman–Crippen MR) is 119 cm³/mol. The van der Waals surface area contributed by atoms with Crippen LogP contribution in [-0.4, -0.2) is 0 Å². The Morgan fingerprint density at radius 1 is 0.793 bits per heavy atom. The molecule has 0 radical (unpaired) electrons. The molecule has 2 heteroatoms. The second-order valence-corrected chi connectivity index (χ2v) is 9.23. The molecule has 2 fully saturated rings. The summed E-state index contributed by atoms with van der Waals surface area (Å²) in [7, 11) is 0. The van der Waals surface area contributed by atoms with Crippen molar-refractivity contribution in [2.45, 2.75) is 83.0 Å². The molecule has 1 nitrogen and oxygen atoms in total. The average Bonchev–Trinajstić information content (AvgIpc) is 2.76. The van der Waals surface area contributed by atoms with Gasteiger partial charge in [-0.25, -0.2) is 4.39 Å². The third-order valence-electron chi connectivity index (χ3n) is 7.30. The van der Waals surface area contributed by atoms with Crippen LogP contribution >= 0.6 is 0 Å². The molecule has 1 aromatic rings. The highest BCUT2D eigenvalue weighted by Crippen LogP contribution is 2.40. The first-order chi connectivity index (χ1) is 14.2. The summed E-state index contributed by atoms with van der Waals surface area (Å²) in [6, 6.07) is 9.20. The number of hydrogen-bond acceptors (Lipinski definition) is 1. The number of rotatable bonds is 8. The standard InChI is InChI=1S/C27H36FN/c28-27-19-17-26(18-20-27)25-15-13-24(14-16-25)12-11-23-9-7-22(8-10-23)6-4-2-1-3-5-21-29/h1-3,5,17-20,22-25H,4,6-16H2/b2-1+,5-3+. The van der Waals surface area contributed by atoms with Gasteiger partial charge in [0, 0.05) is 6.08 Å². The summed E-state index contributed by atoms with van der Waals surface area (Å²) in [6.07, 6.45) is 23.8. The maximum atomic E-state index is 13.1. The lowest BCUT2D eigenvalue weighted by molar-refractivity contribution is 0.225. The van der Waals surface area contributed by atoms with Gasteiger partial charge in [-0.05, 0) is 79.9 Å². The highest BCUT2D eigenvalue weighted by molar-refractivity contribution is 5.20. The maximum absolute atomic E-state index is 13.1. The number of hydrogen-bond donors (Lipinski definition) is 0. The van der Waals surface area contributed by atoms with E-state index in [4.69, 9.17) is 5.26 Å². The van der Waals surface area contributed by atoms with E-state index in [9.17, 15) is 4.39 Å². The molecular formula is C27H36FN. The van der Waals surface area contributed by atoms with Gasteiger partial charge >= 0.3 is 0 Å². The summed E-state index contributed by atoms with van der Waals surface area (Å²) in [6.45, 7) is 0. The Hall–Kier alpha value is -1.88. The van der Waals surface area contributed by atoms with E-state index in [2.05, 4.69) is 6.08 Å². The summed E-state index contributed by atoms with van der Waals surface area (Å²) < 4.78 is 13.1. The van der Waals surface area contributed by atoms with E-state index in [0.717, 1.165) is 24.2 Å². The Morgan fingerprint density at radius 3 is 1.93 bits per heavy atom. The van der Waals surface area contributed by atoms with Crippen LogP contribution in [0.2, 0.25) is 0 Å². The monoisotopic (exact) mass is 393 g/mol. The van der Waals surface area contributed by atoms with Crippen LogP contribution in [-0.2, 0) is 0 Å². The summed E-state index contributed by atoms with van der Waals surface area (Å²) in [5.41, 5.74) is 1.33. The molecule has 1 aromatic carbocycles.